The molecule has 7 heteroatoms. The maximum absolute atomic E-state index is 12.2. The number of anilines is 1. The molecule has 1 saturated heterocycles. The molecule has 0 bridgehead atoms. The summed E-state index contributed by atoms with van der Waals surface area (Å²) in [6.07, 6.45) is 0.265. The lowest BCUT2D eigenvalue weighted by atomic mass is 10.2. The van der Waals surface area contributed by atoms with E-state index in [0.29, 0.717) is 17.8 Å². The minimum atomic E-state index is -0.327. The predicted molar refractivity (Wildman–Crippen MR) is 92.2 cm³/mol. The lowest BCUT2D eigenvalue weighted by Crippen LogP contribution is -2.37. The molecule has 126 valence electrons. The molecule has 0 saturated carbocycles. The van der Waals surface area contributed by atoms with Gasteiger partial charge in [0.1, 0.15) is 5.75 Å². The lowest BCUT2D eigenvalue weighted by Gasteiger charge is -2.17. The highest BCUT2D eigenvalue weighted by Gasteiger charge is 2.32. The number of carbonyl (C=O) groups excluding carboxylic acids is 2. The van der Waals surface area contributed by atoms with Crippen LogP contribution in [0.1, 0.15) is 23.9 Å². The quantitative estimate of drug-likeness (QED) is 0.848. The molecule has 1 aromatic carbocycles. The van der Waals surface area contributed by atoms with Gasteiger partial charge in [0.25, 0.3) is 5.91 Å². The molecule has 24 heavy (non-hydrogen) atoms. The summed E-state index contributed by atoms with van der Waals surface area (Å²) in [6, 6.07) is 10.3. The summed E-state index contributed by atoms with van der Waals surface area (Å²) in [7, 11) is 0. The van der Waals surface area contributed by atoms with Crippen LogP contribution >= 0.6 is 15.9 Å². The average molecular weight is 393 g/mol. The summed E-state index contributed by atoms with van der Waals surface area (Å²) >= 11 is 3.16. The van der Waals surface area contributed by atoms with Gasteiger partial charge in [-0.15, -0.1) is 0 Å². The topological polar surface area (TPSA) is 71.8 Å². The number of furan rings is 1. The van der Waals surface area contributed by atoms with E-state index in [1.807, 2.05) is 31.2 Å². The monoisotopic (exact) mass is 392 g/mol. The van der Waals surface area contributed by atoms with Gasteiger partial charge in [-0.1, -0.05) is 0 Å². The van der Waals surface area contributed by atoms with Crippen LogP contribution in [0, 0.1) is 0 Å². The summed E-state index contributed by atoms with van der Waals surface area (Å²) in [5.74, 6) is 0.632. The number of hydrogen-bond donors (Lipinski definition) is 1. The highest BCUT2D eigenvalue weighted by molar-refractivity contribution is 9.10. The van der Waals surface area contributed by atoms with Crippen LogP contribution in [0.15, 0.2) is 45.5 Å². The van der Waals surface area contributed by atoms with E-state index in [9.17, 15) is 9.59 Å². The van der Waals surface area contributed by atoms with Crippen LogP contribution in [0.3, 0.4) is 0 Å². The van der Waals surface area contributed by atoms with Crippen molar-refractivity contribution in [1.82, 2.24) is 5.32 Å². The van der Waals surface area contributed by atoms with Crippen molar-refractivity contribution in [3.8, 4) is 5.75 Å². The summed E-state index contributed by atoms with van der Waals surface area (Å²) < 4.78 is 11.1. The number of benzene rings is 1. The number of nitrogens with one attached hydrogen (secondary N) is 1. The number of rotatable bonds is 5. The van der Waals surface area contributed by atoms with Crippen molar-refractivity contribution in [3.63, 3.8) is 0 Å². The molecule has 2 amide bonds. The van der Waals surface area contributed by atoms with E-state index in [2.05, 4.69) is 21.2 Å². The molecule has 6 nitrogen and oxygen atoms in total. The van der Waals surface area contributed by atoms with Gasteiger partial charge in [0.2, 0.25) is 5.91 Å². The molecule has 0 radical (unpaired) electrons. The first-order valence-corrected chi connectivity index (χ1v) is 8.45. The van der Waals surface area contributed by atoms with Crippen molar-refractivity contribution in [2.24, 2.45) is 0 Å². The van der Waals surface area contributed by atoms with Gasteiger partial charge >= 0.3 is 0 Å². The molecule has 0 spiro atoms. The summed E-state index contributed by atoms with van der Waals surface area (Å²) in [5, 5.41) is 2.83. The van der Waals surface area contributed by atoms with Crippen molar-refractivity contribution >= 4 is 33.4 Å². The molecular formula is C17H17BrN2O4. The lowest BCUT2D eigenvalue weighted by molar-refractivity contribution is -0.117. The van der Waals surface area contributed by atoms with Gasteiger partial charge in [0, 0.05) is 18.7 Å². The molecule has 2 aromatic rings. The Labute approximate surface area is 147 Å². The Morgan fingerprint density at radius 1 is 1.33 bits per heavy atom. The normalized spacial score (nSPS) is 17.2. The van der Waals surface area contributed by atoms with Crippen LogP contribution in [0.4, 0.5) is 5.69 Å². The van der Waals surface area contributed by atoms with E-state index in [4.69, 9.17) is 9.15 Å². The maximum atomic E-state index is 12.2. The van der Waals surface area contributed by atoms with Gasteiger partial charge in [0.05, 0.1) is 12.6 Å². The van der Waals surface area contributed by atoms with Crippen LogP contribution in [0.2, 0.25) is 0 Å². The largest absolute Gasteiger partial charge is 0.494 e. The van der Waals surface area contributed by atoms with Gasteiger partial charge < -0.3 is 19.4 Å². The average Bonchev–Trinajstić information content (AvgIpc) is 3.14. The smallest absolute Gasteiger partial charge is 0.287 e. The first-order valence-electron chi connectivity index (χ1n) is 7.66. The second-order valence-corrected chi connectivity index (χ2v) is 6.19. The maximum Gasteiger partial charge on any atom is 0.287 e. The van der Waals surface area contributed by atoms with E-state index in [0.717, 1.165) is 11.4 Å². The van der Waals surface area contributed by atoms with Gasteiger partial charge in [-0.2, -0.15) is 0 Å². The van der Waals surface area contributed by atoms with Gasteiger partial charge in [0.15, 0.2) is 10.4 Å². The van der Waals surface area contributed by atoms with Crippen molar-refractivity contribution in [3.05, 3.63) is 46.8 Å². The zero-order chi connectivity index (χ0) is 17.1. The zero-order valence-corrected chi connectivity index (χ0v) is 14.7. The van der Waals surface area contributed by atoms with Crippen molar-refractivity contribution in [2.75, 3.05) is 18.1 Å². The first-order chi connectivity index (χ1) is 11.6. The van der Waals surface area contributed by atoms with E-state index >= 15 is 0 Å². The molecular weight excluding hydrogens is 376 g/mol. The molecule has 1 aromatic heterocycles. The molecule has 1 unspecified atom stereocenters. The van der Waals surface area contributed by atoms with Gasteiger partial charge in [-0.05, 0) is 59.3 Å². The minimum absolute atomic E-state index is 0.0231. The van der Waals surface area contributed by atoms with Crippen molar-refractivity contribution in [2.45, 2.75) is 19.4 Å². The van der Waals surface area contributed by atoms with Gasteiger partial charge in [-0.3, -0.25) is 9.59 Å². The summed E-state index contributed by atoms with van der Waals surface area (Å²) in [5.41, 5.74) is 0.793. The standard InChI is InChI=1S/C17H17BrN2O4/c1-2-23-13-5-3-12(4-6-13)20-10-11(9-16(20)21)19-17(22)14-7-8-15(18)24-14/h3-8,11H,2,9-10H2,1H3,(H,19,22). The highest BCUT2D eigenvalue weighted by atomic mass is 79.9. The molecule has 1 aliphatic heterocycles. The summed E-state index contributed by atoms with van der Waals surface area (Å²) in [6.45, 7) is 2.95. The fourth-order valence-corrected chi connectivity index (χ4v) is 2.94. The third-order valence-corrected chi connectivity index (χ3v) is 4.14. The Morgan fingerprint density at radius 3 is 2.71 bits per heavy atom. The van der Waals surface area contributed by atoms with Gasteiger partial charge in [-0.25, -0.2) is 0 Å². The summed E-state index contributed by atoms with van der Waals surface area (Å²) in [4.78, 5) is 26.0. The first kappa shape index (κ1) is 16.6. The third-order valence-electron chi connectivity index (χ3n) is 3.72. The Kier molecular flexibility index (Phi) is 4.89. The molecule has 3 rings (SSSR count). The molecule has 1 fully saturated rings. The number of ether oxygens (including phenoxy) is 1. The fraction of sp³-hybridized carbons (Fsp3) is 0.294. The Morgan fingerprint density at radius 2 is 2.08 bits per heavy atom. The van der Waals surface area contributed by atoms with Crippen LogP contribution in [-0.2, 0) is 4.79 Å². The Hall–Kier alpha value is -2.28. The van der Waals surface area contributed by atoms with Crippen molar-refractivity contribution in [1.29, 1.82) is 0 Å². The predicted octanol–water partition coefficient (Wildman–Crippen LogP) is 2.98. The van der Waals surface area contributed by atoms with E-state index < -0.39 is 0 Å². The van der Waals surface area contributed by atoms with Crippen LogP contribution in [0.5, 0.6) is 5.75 Å². The second-order valence-electron chi connectivity index (χ2n) is 5.41. The Balaban J connectivity index is 1.64. The number of amides is 2. The van der Waals surface area contributed by atoms with E-state index in [-0.39, 0.29) is 30.0 Å². The third kappa shape index (κ3) is 3.62. The SMILES string of the molecule is CCOc1ccc(N2CC(NC(=O)c3ccc(Br)o3)CC2=O)cc1. The molecule has 1 atom stereocenters. The van der Waals surface area contributed by atoms with Crippen LogP contribution in [0.25, 0.3) is 0 Å². The number of nitrogens with zero attached hydrogens (tertiary/aromatic N) is 1. The second kappa shape index (κ2) is 7.09. The molecule has 1 N–H and O–H groups in total. The minimum Gasteiger partial charge on any atom is -0.494 e. The highest BCUT2D eigenvalue weighted by Crippen LogP contribution is 2.24. The van der Waals surface area contributed by atoms with E-state index in [1.165, 1.54) is 0 Å². The number of halogens is 1. The van der Waals surface area contributed by atoms with Crippen molar-refractivity contribution < 1.29 is 18.7 Å². The van der Waals surface area contributed by atoms with Crippen LogP contribution in [-0.4, -0.2) is 31.0 Å². The Bertz CT molecular complexity index is 741. The fourth-order valence-electron chi connectivity index (χ4n) is 2.64. The zero-order valence-electron chi connectivity index (χ0n) is 13.1. The van der Waals surface area contributed by atoms with Crippen LogP contribution < -0.4 is 15.0 Å². The molecule has 2 heterocycles. The van der Waals surface area contributed by atoms with E-state index in [1.54, 1.807) is 17.0 Å². The number of carbonyl (C=O) groups is 2. The number of hydrogen-bond acceptors (Lipinski definition) is 4. The molecule has 1 aliphatic rings. The molecule has 0 aliphatic carbocycles.